The number of carbonyl (C=O) groups is 3. The van der Waals surface area contributed by atoms with E-state index < -0.39 is 17.9 Å². The van der Waals surface area contributed by atoms with Gasteiger partial charge in [0.2, 0.25) is 0 Å². The van der Waals surface area contributed by atoms with Crippen LogP contribution in [0.15, 0.2) is 55.6 Å². The highest BCUT2D eigenvalue weighted by Crippen LogP contribution is 2.17. The number of carboxylic acid groups (broad SMARTS) is 3. The molecule has 0 heterocycles. The maximum absolute atomic E-state index is 10.8. The van der Waals surface area contributed by atoms with Gasteiger partial charge in [-0.2, -0.15) is 0 Å². The third kappa shape index (κ3) is 11.2. The van der Waals surface area contributed by atoms with Gasteiger partial charge in [0.25, 0.3) is 11.9 Å². The van der Waals surface area contributed by atoms with Gasteiger partial charge >= 0.3 is 5.97 Å². The molecule has 2 aromatic rings. The first-order chi connectivity index (χ1) is 10.8. The van der Waals surface area contributed by atoms with Crippen LogP contribution in [0.5, 0.6) is 0 Å². The van der Waals surface area contributed by atoms with E-state index in [1.807, 2.05) is 30.3 Å². The number of aromatic carboxylic acids is 1. The molecular formula is C17H20O6. The summed E-state index contributed by atoms with van der Waals surface area (Å²) in [7, 11) is 0. The molecule has 2 rings (SSSR count). The third-order valence-corrected chi connectivity index (χ3v) is 2.02. The monoisotopic (exact) mass is 320 g/mol. The van der Waals surface area contributed by atoms with Crippen molar-refractivity contribution in [2.24, 2.45) is 0 Å². The van der Waals surface area contributed by atoms with Gasteiger partial charge in [0.1, 0.15) is 0 Å². The van der Waals surface area contributed by atoms with E-state index in [-0.39, 0.29) is 0 Å². The topological polar surface area (TPSA) is 112 Å². The van der Waals surface area contributed by atoms with Gasteiger partial charge in [0, 0.05) is 13.8 Å². The van der Waals surface area contributed by atoms with Crippen molar-refractivity contribution in [2.45, 2.75) is 13.8 Å². The van der Waals surface area contributed by atoms with Crippen LogP contribution in [0.3, 0.4) is 0 Å². The van der Waals surface area contributed by atoms with Crippen LogP contribution in [-0.2, 0) is 9.59 Å². The minimum absolute atomic E-state index is 0.359. The van der Waals surface area contributed by atoms with Crippen molar-refractivity contribution >= 4 is 28.7 Å². The summed E-state index contributed by atoms with van der Waals surface area (Å²) in [6.45, 7) is 8.17. The highest BCUT2D eigenvalue weighted by Gasteiger charge is 2.05. The molecule has 0 atom stereocenters. The van der Waals surface area contributed by atoms with Gasteiger partial charge in [-0.1, -0.05) is 36.4 Å². The van der Waals surface area contributed by atoms with Gasteiger partial charge in [-0.25, -0.2) is 4.79 Å². The second-order valence-electron chi connectivity index (χ2n) is 3.87. The summed E-state index contributed by atoms with van der Waals surface area (Å²) in [4.78, 5) is 28.8. The first-order valence-corrected chi connectivity index (χ1v) is 6.35. The third-order valence-electron chi connectivity index (χ3n) is 2.02. The summed E-state index contributed by atoms with van der Waals surface area (Å²) < 4.78 is 0. The zero-order valence-corrected chi connectivity index (χ0v) is 13.0. The number of hydrogen-bond donors (Lipinski definition) is 3. The van der Waals surface area contributed by atoms with Crippen molar-refractivity contribution in [1.82, 2.24) is 0 Å². The predicted octanol–water partition coefficient (Wildman–Crippen LogP) is 3.52. The molecule has 0 aromatic heterocycles. The van der Waals surface area contributed by atoms with Crippen molar-refractivity contribution in [3.8, 4) is 0 Å². The maximum atomic E-state index is 10.8. The molecule has 0 aliphatic carbocycles. The molecule has 0 aliphatic heterocycles. The minimum Gasteiger partial charge on any atom is -0.481 e. The van der Waals surface area contributed by atoms with Crippen LogP contribution >= 0.6 is 0 Å². The lowest BCUT2D eigenvalue weighted by molar-refractivity contribution is -0.135. The molecular weight excluding hydrogens is 300 g/mol. The molecule has 0 spiro atoms. The van der Waals surface area contributed by atoms with Gasteiger partial charge in [0.05, 0.1) is 5.56 Å². The Bertz CT molecular complexity index is 623. The molecule has 0 bridgehead atoms. The van der Waals surface area contributed by atoms with E-state index >= 15 is 0 Å². The molecule has 3 N–H and O–H groups in total. The zero-order chi connectivity index (χ0) is 18.4. The Hall–Kier alpha value is -3.15. The Morgan fingerprint density at radius 3 is 1.61 bits per heavy atom. The molecule has 6 heteroatoms. The van der Waals surface area contributed by atoms with Crippen molar-refractivity contribution in [3.05, 3.63) is 61.2 Å². The summed E-state index contributed by atoms with van der Waals surface area (Å²) in [6, 6.07) is 12.7. The Labute approximate surface area is 134 Å². The van der Waals surface area contributed by atoms with Crippen molar-refractivity contribution in [2.75, 3.05) is 0 Å². The van der Waals surface area contributed by atoms with E-state index in [2.05, 4.69) is 13.2 Å². The van der Waals surface area contributed by atoms with Crippen LogP contribution in [0, 0.1) is 0 Å². The van der Waals surface area contributed by atoms with Crippen LogP contribution in [0.4, 0.5) is 0 Å². The Morgan fingerprint density at radius 1 is 0.783 bits per heavy atom. The van der Waals surface area contributed by atoms with E-state index in [4.69, 9.17) is 24.9 Å². The van der Waals surface area contributed by atoms with Crippen molar-refractivity contribution in [1.29, 1.82) is 0 Å². The van der Waals surface area contributed by atoms with Crippen LogP contribution in [0.1, 0.15) is 24.2 Å². The lowest BCUT2D eigenvalue weighted by Gasteiger charge is -2.00. The zero-order valence-electron chi connectivity index (χ0n) is 13.0. The van der Waals surface area contributed by atoms with Gasteiger partial charge in [-0.05, 0) is 16.8 Å². The fourth-order valence-corrected chi connectivity index (χ4v) is 1.41. The average molecular weight is 320 g/mol. The molecule has 124 valence electrons. The Balaban J connectivity index is 0. The molecule has 0 amide bonds. The van der Waals surface area contributed by atoms with E-state index in [0.717, 1.165) is 24.6 Å². The molecule has 0 saturated heterocycles. The summed E-state index contributed by atoms with van der Waals surface area (Å²) in [6.07, 6.45) is 0. The summed E-state index contributed by atoms with van der Waals surface area (Å²) in [5.74, 6) is -2.54. The van der Waals surface area contributed by atoms with Crippen molar-refractivity contribution < 1.29 is 29.7 Å². The SMILES string of the molecule is C=C.CC(=O)O.CC(=O)O.O=C(O)c1cccc2ccccc12. The van der Waals surface area contributed by atoms with E-state index in [1.165, 1.54) is 0 Å². The van der Waals surface area contributed by atoms with E-state index in [0.29, 0.717) is 5.56 Å². The number of aliphatic carboxylic acids is 2. The van der Waals surface area contributed by atoms with E-state index in [9.17, 15) is 4.79 Å². The number of carboxylic acids is 3. The molecule has 0 unspecified atom stereocenters. The summed E-state index contributed by atoms with van der Waals surface area (Å²) in [5.41, 5.74) is 0.359. The number of rotatable bonds is 1. The fourth-order valence-electron chi connectivity index (χ4n) is 1.41. The van der Waals surface area contributed by atoms with Crippen LogP contribution in [0.2, 0.25) is 0 Å². The molecule has 6 nitrogen and oxygen atoms in total. The van der Waals surface area contributed by atoms with E-state index in [1.54, 1.807) is 12.1 Å². The molecule has 2 aromatic carbocycles. The quantitative estimate of drug-likeness (QED) is 0.693. The van der Waals surface area contributed by atoms with Gasteiger partial charge in [0.15, 0.2) is 0 Å². The van der Waals surface area contributed by atoms with Gasteiger partial charge in [-0.3, -0.25) is 9.59 Å². The normalized spacial score (nSPS) is 8.09. The first-order valence-electron chi connectivity index (χ1n) is 6.35. The lowest BCUT2D eigenvalue weighted by Crippen LogP contribution is -1.96. The fraction of sp³-hybridized carbons (Fsp3) is 0.118. The highest BCUT2D eigenvalue weighted by molar-refractivity contribution is 6.03. The largest absolute Gasteiger partial charge is 0.481 e. The molecule has 0 saturated carbocycles. The molecule has 0 radical (unpaired) electrons. The predicted molar refractivity (Wildman–Crippen MR) is 88.8 cm³/mol. The summed E-state index contributed by atoms with van der Waals surface area (Å²) in [5, 5.41) is 25.5. The number of hydrogen-bond acceptors (Lipinski definition) is 3. The van der Waals surface area contributed by atoms with Crippen LogP contribution in [0.25, 0.3) is 10.8 Å². The number of benzene rings is 2. The second kappa shape index (κ2) is 12.6. The average Bonchev–Trinajstić information content (AvgIpc) is 2.47. The smallest absolute Gasteiger partial charge is 0.336 e. The summed E-state index contributed by atoms with van der Waals surface area (Å²) >= 11 is 0. The first kappa shape index (κ1) is 22.1. The Kier molecular flexibility index (Phi) is 12.1. The number of fused-ring (bicyclic) bond motifs is 1. The lowest BCUT2D eigenvalue weighted by atomic mass is 10.1. The van der Waals surface area contributed by atoms with Crippen LogP contribution < -0.4 is 0 Å². The van der Waals surface area contributed by atoms with Crippen LogP contribution in [-0.4, -0.2) is 33.2 Å². The molecule has 23 heavy (non-hydrogen) atoms. The Morgan fingerprint density at radius 2 is 1.17 bits per heavy atom. The van der Waals surface area contributed by atoms with Gasteiger partial charge < -0.3 is 15.3 Å². The molecule has 0 fully saturated rings. The second-order valence-corrected chi connectivity index (χ2v) is 3.87. The maximum Gasteiger partial charge on any atom is 0.336 e. The minimum atomic E-state index is -0.878. The molecule has 0 aliphatic rings. The highest BCUT2D eigenvalue weighted by atomic mass is 16.4. The van der Waals surface area contributed by atoms with Gasteiger partial charge in [-0.15, -0.1) is 13.2 Å². The van der Waals surface area contributed by atoms with Crippen molar-refractivity contribution in [3.63, 3.8) is 0 Å². The standard InChI is InChI=1S/C11H8O2.2C2H4O2.C2H4/c12-11(13)10-7-3-5-8-4-1-2-6-9(8)10;2*1-2(3)4;1-2/h1-7H,(H,12,13);2*1H3,(H,3,4);1-2H2.